The van der Waals surface area contributed by atoms with E-state index in [1.54, 1.807) is 37.4 Å². The first kappa shape index (κ1) is 18.7. The molecule has 4 rings (SSSR count). The Labute approximate surface area is 166 Å². The number of oxazole rings is 1. The van der Waals surface area contributed by atoms with Crippen LogP contribution < -0.4 is 9.47 Å². The molecule has 0 aliphatic rings. The summed E-state index contributed by atoms with van der Waals surface area (Å²) in [6.45, 7) is 0. The number of halogens is 1. The van der Waals surface area contributed by atoms with E-state index in [9.17, 15) is 9.18 Å². The molecule has 0 bridgehead atoms. The van der Waals surface area contributed by atoms with Crippen LogP contribution in [0.1, 0.15) is 12.3 Å². The number of fused-ring (bicyclic) bond motifs is 1. The number of aromatic nitrogens is 1. The normalized spacial score (nSPS) is 10.8. The lowest BCUT2D eigenvalue weighted by atomic mass is 10.1. The molecule has 0 unspecified atom stereocenters. The first-order valence-corrected chi connectivity index (χ1v) is 9.10. The van der Waals surface area contributed by atoms with Crippen LogP contribution in [-0.4, -0.2) is 18.1 Å². The van der Waals surface area contributed by atoms with Crippen molar-refractivity contribution in [1.29, 1.82) is 0 Å². The van der Waals surface area contributed by atoms with Crippen molar-refractivity contribution in [2.45, 2.75) is 12.8 Å². The molecule has 3 aromatic carbocycles. The maximum atomic E-state index is 13.8. The van der Waals surface area contributed by atoms with Crippen molar-refractivity contribution in [3.63, 3.8) is 0 Å². The van der Waals surface area contributed by atoms with Crippen molar-refractivity contribution in [2.24, 2.45) is 0 Å². The maximum absolute atomic E-state index is 13.8. The number of hydrogen-bond acceptors (Lipinski definition) is 5. The first-order valence-electron chi connectivity index (χ1n) is 9.10. The summed E-state index contributed by atoms with van der Waals surface area (Å²) in [7, 11) is 1.60. The van der Waals surface area contributed by atoms with E-state index in [1.165, 1.54) is 12.3 Å². The summed E-state index contributed by atoms with van der Waals surface area (Å²) in [5, 5.41) is 1.93. The zero-order valence-corrected chi connectivity index (χ0v) is 15.7. The molecule has 6 heteroatoms. The van der Waals surface area contributed by atoms with E-state index in [0.29, 0.717) is 23.0 Å². The maximum Gasteiger partial charge on any atom is 0.311 e. The van der Waals surface area contributed by atoms with Gasteiger partial charge in [-0.1, -0.05) is 24.3 Å². The molecule has 0 fully saturated rings. The van der Waals surface area contributed by atoms with Gasteiger partial charge < -0.3 is 13.9 Å². The molecule has 5 nitrogen and oxygen atoms in total. The fraction of sp³-hybridized carbons (Fsp3) is 0.130. The Morgan fingerprint density at radius 2 is 1.79 bits per heavy atom. The Morgan fingerprint density at radius 3 is 2.59 bits per heavy atom. The Hall–Kier alpha value is -3.67. The average Bonchev–Trinajstić information content (AvgIpc) is 3.21. The second-order valence-corrected chi connectivity index (χ2v) is 6.45. The zero-order valence-electron chi connectivity index (χ0n) is 15.7. The Morgan fingerprint density at radius 1 is 1.03 bits per heavy atom. The number of hydrogen-bond donors (Lipinski definition) is 0. The molecule has 1 heterocycles. The van der Waals surface area contributed by atoms with Gasteiger partial charge >= 0.3 is 5.97 Å². The Kier molecular flexibility index (Phi) is 5.24. The van der Waals surface area contributed by atoms with Crippen molar-refractivity contribution in [3.8, 4) is 22.8 Å². The third-order valence-corrected chi connectivity index (χ3v) is 4.49. The first-order chi connectivity index (χ1) is 14.1. The Balaban J connectivity index is 1.39. The average molecular weight is 391 g/mol. The summed E-state index contributed by atoms with van der Waals surface area (Å²) < 4.78 is 30.0. The van der Waals surface area contributed by atoms with E-state index >= 15 is 0 Å². The lowest BCUT2D eigenvalue weighted by molar-refractivity contribution is -0.134. The van der Waals surface area contributed by atoms with Crippen molar-refractivity contribution < 1.29 is 23.1 Å². The molecule has 4 aromatic rings. The minimum atomic E-state index is -0.405. The number of ether oxygens (including phenoxy) is 2. The van der Waals surface area contributed by atoms with Gasteiger partial charge in [0.1, 0.15) is 17.3 Å². The molecule has 0 aliphatic carbocycles. The van der Waals surface area contributed by atoms with Crippen molar-refractivity contribution in [2.75, 3.05) is 7.11 Å². The fourth-order valence-electron chi connectivity index (χ4n) is 3.00. The summed E-state index contributed by atoms with van der Waals surface area (Å²) in [5.74, 6) is 1.07. The quantitative estimate of drug-likeness (QED) is 0.335. The van der Waals surface area contributed by atoms with Crippen LogP contribution in [0.3, 0.4) is 0 Å². The molecule has 0 radical (unpaired) electrons. The van der Waals surface area contributed by atoms with Crippen molar-refractivity contribution in [3.05, 3.63) is 78.6 Å². The van der Waals surface area contributed by atoms with Gasteiger partial charge in [0.2, 0.25) is 0 Å². The highest BCUT2D eigenvalue weighted by Gasteiger charge is 2.13. The van der Waals surface area contributed by atoms with Crippen molar-refractivity contribution >= 4 is 16.7 Å². The van der Waals surface area contributed by atoms with Crippen LogP contribution in [0.25, 0.3) is 22.1 Å². The number of aryl methyl sites for hydroxylation is 1. The molecule has 0 atom stereocenters. The van der Waals surface area contributed by atoms with Gasteiger partial charge in [0.15, 0.2) is 11.7 Å². The fourth-order valence-corrected chi connectivity index (χ4v) is 3.00. The topological polar surface area (TPSA) is 61.6 Å². The van der Waals surface area contributed by atoms with Crippen molar-refractivity contribution in [1.82, 2.24) is 4.98 Å². The van der Waals surface area contributed by atoms with Gasteiger partial charge in [0.25, 0.3) is 0 Å². The SMILES string of the molecule is COc1ccc2ccc(OC(=O)CCc3ncc(-c4ccccc4F)o3)cc2c1. The van der Waals surface area contributed by atoms with Gasteiger partial charge in [-0.3, -0.25) is 4.79 Å². The molecule has 1 aromatic heterocycles. The molecule has 0 amide bonds. The smallest absolute Gasteiger partial charge is 0.311 e. The number of carbonyl (C=O) groups excluding carboxylic acids is 1. The highest BCUT2D eigenvalue weighted by atomic mass is 19.1. The van der Waals surface area contributed by atoms with Crippen LogP contribution in [0, 0.1) is 5.82 Å². The van der Waals surface area contributed by atoms with Gasteiger partial charge in [-0.2, -0.15) is 0 Å². The number of esters is 1. The van der Waals surface area contributed by atoms with Gasteiger partial charge in [0.05, 0.1) is 25.3 Å². The van der Waals surface area contributed by atoms with Crippen LogP contribution in [0.5, 0.6) is 11.5 Å². The molecule has 0 saturated heterocycles. The van der Waals surface area contributed by atoms with E-state index in [0.717, 1.165) is 16.5 Å². The third-order valence-electron chi connectivity index (χ3n) is 4.49. The van der Waals surface area contributed by atoms with Crippen LogP contribution >= 0.6 is 0 Å². The third kappa shape index (κ3) is 4.27. The summed E-state index contributed by atoms with van der Waals surface area (Å²) in [6, 6.07) is 17.4. The second kappa shape index (κ2) is 8.14. The number of nitrogens with zero attached hydrogens (tertiary/aromatic N) is 1. The van der Waals surface area contributed by atoms with E-state index in [1.807, 2.05) is 24.3 Å². The molecule has 0 spiro atoms. The highest BCUT2D eigenvalue weighted by Crippen LogP contribution is 2.26. The summed E-state index contributed by atoms with van der Waals surface area (Å²) >= 11 is 0. The van der Waals surface area contributed by atoms with Crippen LogP contribution in [0.4, 0.5) is 4.39 Å². The van der Waals surface area contributed by atoms with Crippen LogP contribution in [0.15, 0.2) is 71.3 Å². The zero-order chi connectivity index (χ0) is 20.2. The van der Waals surface area contributed by atoms with Gasteiger partial charge in [-0.15, -0.1) is 0 Å². The molecular formula is C23H18FNO4. The second-order valence-electron chi connectivity index (χ2n) is 6.45. The lowest BCUT2D eigenvalue weighted by Crippen LogP contribution is -2.09. The minimum Gasteiger partial charge on any atom is -0.497 e. The van der Waals surface area contributed by atoms with E-state index in [2.05, 4.69) is 4.98 Å². The molecular weight excluding hydrogens is 373 g/mol. The number of benzene rings is 3. The number of carbonyl (C=O) groups is 1. The summed E-state index contributed by atoms with van der Waals surface area (Å²) in [5.41, 5.74) is 0.334. The highest BCUT2D eigenvalue weighted by molar-refractivity contribution is 5.86. The van der Waals surface area contributed by atoms with Crippen LogP contribution in [-0.2, 0) is 11.2 Å². The Bertz CT molecular complexity index is 1170. The lowest BCUT2D eigenvalue weighted by Gasteiger charge is -2.06. The predicted octanol–water partition coefficient (Wildman–Crippen LogP) is 5.18. The minimum absolute atomic E-state index is 0.0906. The standard InChI is InChI=1S/C23H18FNO4/c1-27-17-8-6-15-7-9-18(13-16(15)12-17)28-23(26)11-10-22-25-14-21(29-22)19-4-2-3-5-20(19)24/h2-9,12-14H,10-11H2,1H3. The summed E-state index contributed by atoms with van der Waals surface area (Å²) in [4.78, 5) is 16.3. The van der Waals surface area contributed by atoms with Gasteiger partial charge in [-0.05, 0) is 47.2 Å². The van der Waals surface area contributed by atoms with Crippen LogP contribution in [0.2, 0.25) is 0 Å². The monoisotopic (exact) mass is 391 g/mol. The molecule has 146 valence electrons. The number of methoxy groups -OCH3 is 1. The van der Waals surface area contributed by atoms with E-state index < -0.39 is 5.97 Å². The number of rotatable bonds is 6. The van der Waals surface area contributed by atoms with Gasteiger partial charge in [0, 0.05) is 6.42 Å². The van der Waals surface area contributed by atoms with E-state index in [-0.39, 0.29) is 18.7 Å². The van der Waals surface area contributed by atoms with E-state index in [4.69, 9.17) is 13.9 Å². The van der Waals surface area contributed by atoms with Gasteiger partial charge in [-0.25, -0.2) is 9.37 Å². The largest absolute Gasteiger partial charge is 0.497 e. The molecule has 0 saturated carbocycles. The molecule has 29 heavy (non-hydrogen) atoms. The molecule has 0 aliphatic heterocycles. The molecule has 0 N–H and O–H groups in total. The predicted molar refractivity (Wildman–Crippen MR) is 106 cm³/mol. The summed E-state index contributed by atoms with van der Waals surface area (Å²) in [6.07, 6.45) is 1.80.